The first-order chi connectivity index (χ1) is 8.08. The lowest BCUT2D eigenvalue weighted by Crippen LogP contribution is -2.44. The zero-order valence-corrected chi connectivity index (χ0v) is 10.5. The molecule has 0 atom stereocenters. The van der Waals surface area contributed by atoms with Crippen molar-refractivity contribution >= 4 is 12.1 Å². The zero-order chi connectivity index (χ0) is 12.7. The second-order valence-electron chi connectivity index (χ2n) is 4.58. The summed E-state index contributed by atoms with van der Waals surface area (Å²) in [6.45, 7) is 4.27. The van der Waals surface area contributed by atoms with Crippen molar-refractivity contribution in [2.45, 2.75) is 39.5 Å². The summed E-state index contributed by atoms with van der Waals surface area (Å²) in [5.41, 5.74) is -0.862. The lowest BCUT2D eigenvalue weighted by atomic mass is 9.93. The van der Waals surface area contributed by atoms with E-state index in [0.717, 1.165) is 25.7 Å². The van der Waals surface area contributed by atoms with Crippen LogP contribution in [0.1, 0.15) is 39.5 Å². The fourth-order valence-corrected chi connectivity index (χ4v) is 1.51. The number of carbonyl (C=O) groups is 2. The molecule has 0 bridgehead atoms. The molecule has 5 heteroatoms. The molecule has 0 aromatic rings. The van der Waals surface area contributed by atoms with E-state index in [9.17, 15) is 9.59 Å². The first-order valence-corrected chi connectivity index (χ1v) is 6.05. The standard InChI is InChI=1S/C12H20O5/c1-3-4-5-6-7-15-10(13)12(2)8-16-11(14)17-9-12/h3-9H2,1-2H3. The van der Waals surface area contributed by atoms with Crippen molar-refractivity contribution in [3.8, 4) is 0 Å². The van der Waals surface area contributed by atoms with Crippen LogP contribution in [0.5, 0.6) is 0 Å². The van der Waals surface area contributed by atoms with E-state index in [4.69, 9.17) is 14.2 Å². The molecule has 0 aromatic heterocycles. The van der Waals surface area contributed by atoms with Gasteiger partial charge < -0.3 is 14.2 Å². The number of esters is 1. The van der Waals surface area contributed by atoms with Crippen molar-refractivity contribution < 1.29 is 23.8 Å². The van der Waals surface area contributed by atoms with Crippen LogP contribution in [0.15, 0.2) is 0 Å². The molecule has 0 N–H and O–H groups in total. The minimum Gasteiger partial charge on any atom is -0.465 e. The van der Waals surface area contributed by atoms with E-state index >= 15 is 0 Å². The number of rotatable bonds is 6. The quantitative estimate of drug-likeness (QED) is 0.530. The second-order valence-corrected chi connectivity index (χ2v) is 4.58. The van der Waals surface area contributed by atoms with Crippen molar-refractivity contribution in [3.63, 3.8) is 0 Å². The number of hydrogen-bond donors (Lipinski definition) is 0. The average molecular weight is 244 g/mol. The summed E-state index contributed by atoms with van der Waals surface area (Å²) in [6.07, 6.45) is 3.51. The predicted molar refractivity (Wildman–Crippen MR) is 60.5 cm³/mol. The fraction of sp³-hybridized carbons (Fsp3) is 0.833. The Morgan fingerprint density at radius 3 is 2.53 bits per heavy atom. The minimum absolute atomic E-state index is 0.0274. The lowest BCUT2D eigenvalue weighted by Gasteiger charge is -2.29. The van der Waals surface area contributed by atoms with E-state index in [1.54, 1.807) is 6.92 Å². The molecule has 5 nitrogen and oxygen atoms in total. The van der Waals surface area contributed by atoms with Crippen molar-refractivity contribution in [2.24, 2.45) is 5.41 Å². The maximum Gasteiger partial charge on any atom is 0.508 e. The Hall–Kier alpha value is -1.26. The fourth-order valence-electron chi connectivity index (χ4n) is 1.51. The molecule has 1 saturated heterocycles. The molecule has 1 aliphatic heterocycles. The van der Waals surface area contributed by atoms with E-state index in [-0.39, 0.29) is 19.2 Å². The van der Waals surface area contributed by atoms with Crippen molar-refractivity contribution in [1.29, 1.82) is 0 Å². The van der Waals surface area contributed by atoms with Gasteiger partial charge in [0.15, 0.2) is 0 Å². The molecule has 0 aromatic carbocycles. The SMILES string of the molecule is CCCCCCOC(=O)C1(C)COC(=O)OC1. The normalized spacial score (nSPS) is 18.1. The van der Waals surface area contributed by atoms with Crippen LogP contribution in [-0.4, -0.2) is 31.9 Å². The van der Waals surface area contributed by atoms with Gasteiger partial charge in [-0.2, -0.15) is 0 Å². The van der Waals surface area contributed by atoms with Crippen LogP contribution in [0.25, 0.3) is 0 Å². The van der Waals surface area contributed by atoms with Gasteiger partial charge in [0.2, 0.25) is 0 Å². The van der Waals surface area contributed by atoms with Crippen LogP contribution >= 0.6 is 0 Å². The van der Waals surface area contributed by atoms with Crippen LogP contribution in [0.4, 0.5) is 4.79 Å². The van der Waals surface area contributed by atoms with Gasteiger partial charge in [-0.05, 0) is 13.3 Å². The highest BCUT2D eigenvalue weighted by molar-refractivity contribution is 5.78. The molecule has 0 amide bonds. The van der Waals surface area contributed by atoms with Gasteiger partial charge in [-0.3, -0.25) is 4.79 Å². The van der Waals surface area contributed by atoms with Gasteiger partial charge in [-0.15, -0.1) is 0 Å². The molecule has 0 spiro atoms. The monoisotopic (exact) mass is 244 g/mol. The van der Waals surface area contributed by atoms with Gasteiger partial charge >= 0.3 is 12.1 Å². The van der Waals surface area contributed by atoms with Gasteiger partial charge in [0.05, 0.1) is 6.61 Å². The summed E-state index contributed by atoms with van der Waals surface area (Å²) >= 11 is 0. The molecule has 1 rings (SSSR count). The van der Waals surface area contributed by atoms with E-state index < -0.39 is 11.6 Å². The number of hydrogen-bond acceptors (Lipinski definition) is 5. The smallest absolute Gasteiger partial charge is 0.465 e. The highest BCUT2D eigenvalue weighted by Gasteiger charge is 2.41. The number of carbonyl (C=O) groups excluding carboxylic acids is 2. The highest BCUT2D eigenvalue weighted by atomic mass is 16.7. The third kappa shape index (κ3) is 4.24. The molecule has 0 radical (unpaired) electrons. The Bertz CT molecular complexity index is 264. The molecule has 0 unspecified atom stereocenters. The molecular weight excluding hydrogens is 224 g/mol. The summed E-state index contributed by atoms with van der Waals surface area (Å²) < 4.78 is 14.6. The first-order valence-electron chi connectivity index (χ1n) is 6.05. The van der Waals surface area contributed by atoms with Crippen LogP contribution in [0.2, 0.25) is 0 Å². The van der Waals surface area contributed by atoms with Crippen molar-refractivity contribution in [1.82, 2.24) is 0 Å². The maximum atomic E-state index is 11.8. The first kappa shape index (κ1) is 13.8. The molecule has 0 aliphatic carbocycles. The highest BCUT2D eigenvalue weighted by Crippen LogP contribution is 2.24. The molecule has 98 valence electrons. The predicted octanol–water partition coefficient (Wildman–Crippen LogP) is 2.28. The Kier molecular flexibility index (Phi) is 5.25. The van der Waals surface area contributed by atoms with Gasteiger partial charge in [0.1, 0.15) is 18.6 Å². The van der Waals surface area contributed by atoms with Gasteiger partial charge in [0, 0.05) is 0 Å². The lowest BCUT2D eigenvalue weighted by molar-refractivity contribution is -0.166. The van der Waals surface area contributed by atoms with E-state index in [0.29, 0.717) is 6.61 Å². The summed E-state index contributed by atoms with van der Waals surface area (Å²) in [5.74, 6) is -0.360. The van der Waals surface area contributed by atoms with Gasteiger partial charge in [-0.1, -0.05) is 26.2 Å². The Morgan fingerprint density at radius 2 is 1.94 bits per heavy atom. The largest absolute Gasteiger partial charge is 0.508 e. The molecule has 1 aliphatic rings. The van der Waals surface area contributed by atoms with Crippen LogP contribution < -0.4 is 0 Å². The average Bonchev–Trinajstić information content (AvgIpc) is 2.32. The van der Waals surface area contributed by atoms with E-state index in [2.05, 4.69) is 6.92 Å². The number of cyclic esters (lactones) is 2. The van der Waals surface area contributed by atoms with Gasteiger partial charge in [0.25, 0.3) is 0 Å². The summed E-state index contributed by atoms with van der Waals surface area (Å²) in [4.78, 5) is 22.5. The minimum atomic E-state index is -0.862. The van der Waals surface area contributed by atoms with E-state index in [1.807, 2.05) is 0 Å². The van der Waals surface area contributed by atoms with Crippen LogP contribution in [0.3, 0.4) is 0 Å². The summed E-state index contributed by atoms with van der Waals surface area (Å²) in [6, 6.07) is 0. The second kappa shape index (κ2) is 6.47. The third-order valence-corrected chi connectivity index (χ3v) is 2.74. The van der Waals surface area contributed by atoms with Gasteiger partial charge in [-0.25, -0.2) is 4.79 Å². The molecular formula is C12H20O5. The van der Waals surface area contributed by atoms with Crippen LogP contribution in [0, 0.1) is 5.41 Å². The summed E-state index contributed by atoms with van der Waals surface area (Å²) in [7, 11) is 0. The number of ether oxygens (including phenoxy) is 3. The molecule has 1 heterocycles. The summed E-state index contributed by atoms with van der Waals surface area (Å²) in [5, 5.41) is 0. The third-order valence-electron chi connectivity index (χ3n) is 2.74. The van der Waals surface area contributed by atoms with Crippen molar-refractivity contribution in [2.75, 3.05) is 19.8 Å². The Balaban J connectivity index is 2.24. The van der Waals surface area contributed by atoms with E-state index in [1.165, 1.54) is 0 Å². The number of unbranched alkanes of at least 4 members (excludes halogenated alkanes) is 3. The molecule has 17 heavy (non-hydrogen) atoms. The maximum absolute atomic E-state index is 11.8. The zero-order valence-electron chi connectivity index (χ0n) is 10.5. The Morgan fingerprint density at radius 1 is 1.29 bits per heavy atom. The van der Waals surface area contributed by atoms with Crippen LogP contribution in [-0.2, 0) is 19.0 Å². The Labute approximate surface area is 101 Å². The molecule has 1 fully saturated rings. The topological polar surface area (TPSA) is 61.8 Å². The molecule has 0 saturated carbocycles. The van der Waals surface area contributed by atoms with Crippen molar-refractivity contribution in [3.05, 3.63) is 0 Å².